The van der Waals surface area contributed by atoms with Crippen molar-refractivity contribution in [2.45, 2.75) is 95.9 Å². The van der Waals surface area contributed by atoms with E-state index < -0.39 is 0 Å². The normalized spacial score (nSPS) is 9.71. The molecule has 1 rings (SSSR count). The molecule has 1 aromatic rings. The maximum atomic E-state index is 4.31. The summed E-state index contributed by atoms with van der Waals surface area (Å²) in [6.45, 7) is 32.8. The van der Waals surface area contributed by atoms with E-state index in [1.807, 2.05) is 61.5 Å². The molecule has 0 nitrogen and oxygen atoms in total. The summed E-state index contributed by atoms with van der Waals surface area (Å²) in [6.07, 6.45) is 8.32. The molecule has 0 fully saturated rings. The number of rotatable bonds is 6. The molecule has 0 aromatic heterocycles. The standard InChI is InChI=1S/C20H26.4C2H6/c1-7-11-15(4)19(16(5)12-8-2)20-17(6)13-10-14-18(20)9-3;4*1-2/h8-10,12-14H,3-4,7,11H2,1-2,5-6H3;4*1-2H3/b12-8-,19-16+;;;;. The topological polar surface area (TPSA) is 0 Å². The minimum Gasteiger partial charge on any atom is -0.0984 e. The van der Waals surface area contributed by atoms with Crippen LogP contribution in [0.2, 0.25) is 0 Å². The van der Waals surface area contributed by atoms with Gasteiger partial charge in [-0.15, -0.1) is 0 Å². The molecule has 0 atom stereocenters. The Morgan fingerprint density at radius 1 is 0.964 bits per heavy atom. The van der Waals surface area contributed by atoms with Crippen LogP contribution in [0.15, 0.2) is 54.7 Å². The van der Waals surface area contributed by atoms with E-state index >= 15 is 0 Å². The fourth-order valence-electron chi connectivity index (χ4n) is 2.61. The Labute approximate surface area is 179 Å². The summed E-state index contributed by atoms with van der Waals surface area (Å²) in [5, 5.41) is 0. The molecule has 0 aliphatic carbocycles. The summed E-state index contributed by atoms with van der Waals surface area (Å²) in [5.41, 5.74) is 7.48. The summed E-state index contributed by atoms with van der Waals surface area (Å²) in [7, 11) is 0. The Morgan fingerprint density at radius 3 is 1.86 bits per heavy atom. The number of allylic oxidation sites excluding steroid dienone is 5. The van der Waals surface area contributed by atoms with Crippen LogP contribution in [0.3, 0.4) is 0 Å². The van der Waals surface area contributed by atoms with Gasteiger partial charge in [-0.25, -0.2) is 0 Å². The van der Waals surface area contributed by atoms with Gasteiger partial charge in [-0.1, -0.05) is 118 Å². The van der Waals surface area contributed by atoms with Gasteiger partial charge in [-0.05, 0) is 60.6 Å². The van der Waals surface area contributed by atoms with E-state index in [9.17, 15) is 0 Å². The van der Waals surface area contributed by atoms with E-state index in [1.165, 1.54) is 33.4 Å². The second-order valence-corrected chi connectivity index (χ2v) is 5.15. The monoisotopic (exact) mass is 386 g/mol. The van der Waals surface area contributed by atoms with Gasteiger partial charge in [-0.3, -0.25) is 0 Å². The first-order valence-electron chi connectivity index (χ1n) is 11.3. The smallest absolute Gasteiger partial charge is 0.00771 e. The summed E-state index contributed by atoms with van der Waals surface area (Å²) >= 11 is 0. The third-order valence-electron chi connectivity index (χ3n) is 3.49. The maximum absolute atomic E-state index is 4.31. The minimum absolute atomic E-state index is 1.02. The summed E-state index contributed by atoms with van der Waals surface area (Å²) < 4.78 is 0. The van der Waals surface area contributed by atoms with Crippen molar-refractivity contribution >= 4 is 11.6 Å². The fraction of sp³-hybridized carbons (Fsp3) is 0.500. The van der Waals surface area contributed by atoms with Crippen molar-refractivity contribution < 1.29 is 0 Å². The molecule has 0 amide bonds. The zero-order valence-electron chi connectivity index (χ0n) is 21.3. The highest BCUT2D eigenvalue weighted by Gasteiger charge is 2.13. The summed E-state index contributed by atoms with van der Waals surface area (Å²) in [6, 6.07) is 6.36. The van der Waals surface area contributed by atoms with Crippen molar-refractivity contribution in [3.63, 3.8) is 0 Å². The molecule has 0 N–H and O–H groups in total. The van der Waals surface area contributed by atoms with Crippen LogP contribution in [0.25, 0.3) is 11.6 Å². The quantitative estimate of drug-likeness (QED) is 0.426. The Hall–Kier alpha value is -1.82. The van der Waals surface area contributed by atoms with E-state index in [1.54, 1.807) is 0 Å². The van der Waals surface area contributed by atoms with Crippen LogP contribution < -0.4 is 0 Å². The molecule has 0 saturated heterocycles. The zero-order chi connectivity index (χ0) is 23.1. The van der Waals surface area contributed by atoms with Gasteiger partial charge < -0.3 is 0 Å². The van der Waals surface area contributed by atoms with Gasteiger partial charge >= 0.3 is 0 Å². The Bertz CT molecular complexity index is 553. The Balaban J connectivity index is -0.000000318. The SMILES string of the molecule is C=Cc1cccc(C)c1/C(C(=C)CCC)=C(C)/C=C\C.CC.CC.CC.CC. The number of aryl methyl sites for hydroxylation is 1. The van der Waals surface area contributed by atoms with E-state index in [0.717, 1.165) is 12.8 Å². The van der Waals surface area contributed by atoms with Crippen LogP contribution in [-0.2, 0) is 0 Å². The lowest BCUT2D eigenvalue weighted by Gasteiger charge is -2.18. The molecule has 162 valence electrons. The molecule has 1 aromatic carbocycles. The molecular weight excluding hydrogens is 336 g/mol. The predicted octanol–water partition coefficient (Wildman–Crippen LogP) is 10.4. The molecule has 0 spiro atoms. The molecule has 0 bridgehead atoms. The first kappa shape index (κ1) is 33.7. The highest BCUT2D eigenvalue weighted by molar-refractivity contribution is 5.87. The lowest BCUT2D eigenvalue weighted by molar-refractivity contribution is 0.932. The minimum atomic E-state index is 1.02. The third-order valence-corrected chi connectivity index (χ3v) is 3.49. The number of benzene rings is 1. The molecule has 0 aliphatic rings. The molecule has 0 heteroatoms. The molecule has 0 unspecified atom stereocenters. The third kappa shape index (κ3) is 12.5. The number of hydrogen-bond acceptors (Lipinski definition) is 0. The Morgan fingerprint density at radius 2 is 1.46 bits per heavy atom. The van der Waals surface area contributed by atoms with Crippen molar-refractivity contribution in [2.24, 2.45) is 0 Å². The second kappa shape index (κ2) is 25.2. The van der Waals surface area contributed by atoms with Crippen molar-refractivity contribution in [3.8, 4) is 0 Å². The average molecular weight is 387 g/mol. The molecule has 0 radical (unpaired) electrons. The van der Waals surface area contributed by atoms with E-state index in [0.29, 0.717) is 0 Å². The first-order valence-corrected chi connectivity index (χ1v) is 11.3. The van der Waals surface area contributed by atoms with Crippen LogP contribution in [0.1, 0.15) is 106 Å². The van der Waals surface area contributed by atoms with Crippen LogP contribution in [0.5, 0.6) is 0 Å². The number of hydrogen-bond donors (Lipinski definition) is 0. The van der Waals surface area contributed by atoms with Gasteiger partial charge in [-0.2, -0.15) is 0 Å². The first-order chi connectivity index (χ1) is 13.6. The average Bonchev–Trinajstić information content (AvgIpc) is 2.75. The fourth-order valence-corrected chi connectivity index (χ4v) is 2.61. The molecule has 28 heavy (non-hydrogen) atoms. The van der Waals surface area contributed by atoms with Gasteiger partial charge in [0.25, 0.3) is 0 Å². The second-order valence-electron chi connectivity index (χ2n) is 5.15. The van der Waals surface area contributed by atoms with Gasteiger partial charge in [0.05, 0.1) is 0 Å². The van der Waals surface area contributed by atoms with E-state index in [2.05, 4.69) is 71.2 Å². The molecule has 0 saturated carbocycles. The zero-order valence-corrected chi connectivity index (χ0v) is 21.3. The predicted molar refractivity (Wildman–Crippen MR) is 138 cm³/mol. The van der Waals surface area contributed by atoms with Crippen molar-refractivity contribution in [1.82, 2.24) is 0 Å². The summed E-state index contributed by atoms with van der Waals surface area (Å²) in [4.78, 5) is 0. The van der Waals surface area contributed by atoms with Gasteiger partial charge in [0.1, 0.15) is 0 Å². The van der Waals surface area contributed by atoms with Crippen molar-refractivity contribution in [2.75, 3.05) is 0 Å². The maximum Gasteiger partial charge on any atom is -0.00771 e. The van der Waals surface area contributed by atoms with Gasteiger partial charge in [0, 0.05) is 0 Å². The molecule has 0 aliphatic heterocycles. The lowest BCUT2D eigenvalue weighted by atomic mass is 9.86. The van der Waals surface area contributed by atoms with E-state index in [-0.39, 0.29) is 0 Å². The highest BCUT2D eigenvalue weighted by atomic mass is 14.2. The van der Waals surface area contributed by atoms with Crippen LogP contribution >= 0.6 is 0 Å². The Kier molecular flexibility index (Phi) is 30.3. The van der Waals surface area contributed by atoms with Crippen LogP contribution in [-0.4, -0.2) is 0 Å². The highest BCUT2D eigenvalue weighted by Crippen LogP contribution is 2.34. The van der Waals surface area contributed by atoms with E-state index in [4.69, 9.17) is 0 Å². The van der Waals surface area contributed by atoms with Gasteiger partial charge in [0.15, 0.2) is 0 Å². The molecular formula is C28H50. The molecule has 0 heterocycles. The summed E-state index contributed by atoms with van der Waals surface area (Å²) in [5.74, 6) is 0. The van der Waals surface area contributed by atoms with Crippen LogP contribution in [0, 0.1) is 6.92 Å². The van der Waals surface area contributed by atoms with Crippen molar-refractivity contribution in [1.29, 1.82) is 0 Å². The van der Waals surface area contributed by atoms with Crippen LogP contribution in [0.4, 0.5) is 0 Å². The largest absolute Gasteiger partial charge is 0.0984 e. The van der Waals surface area contributed by atoms with Gasteiger partial charge in [0.2, 0.25) is 0 Å². The van der Waals surface area contributed by atoms with Crippen molar-refractivity contribution in [3.05, 3.63) is 71.3 Å². The lowest BCUT2D eigenvalue weighted by Crippen LogP contribution is -1.98.